The van der Waals surface area contributed by atoms with Crippen LogP contribution in [0.2, 0.25) is 0 Å². The summed E-state index contributed by atoms with van der Waals surface area (Å²) >= 11 is 0. The van der Waals surface area contributed by atoms with Crippen molar-refractivity contribution in [3.05, 3.63) is 24.0 Å². The average Bonchev–Trinajstić information content (AvgIpc) is 2.63. The number of aldehydes is 1. The molecule has 2 heterocycles. The van der Waals surface area contributed by atoms with Gasteiger partial charge in [-0.25, -0.2) is 4.98 Å². The number of pyridine rings is 1. The van der Waals surface area contributed by atoms with Gasteiger partial charge in [0.2, 0.25) is 0 Å². The Hall–Kier alpha value is -1.84. The van der Waals surface area contributed by atoms with E-state index >= 15 is 0 Å². The van der Waals surface area contributed by atoms with Gasteiger partial charge in [0, 0.05) is 12.4 Å². The van der Waals surface area contributed by atoms with Crippen molar-refractivity contribution in [2.45, 2.75) is 0 Å². The topological polar surface area (TPSA) is 55.0 Å². The number of aromatic nitrogens is 2. The van der Waals surface area contributed by atoms with Crippen molar-refractivity contribution in [1.29, 1.82) is 0 Å². The molecule has 0 radical (unpaired) electrons. The summed E-state index contributed by atoms with van der Waals surface area (Å²) in [4.78, 5) is 17.6. The van der Waals surface area contributed by atoms with Crippen LogP contribution in [0, 0.1) is 0 Å². The molecule has 4 heteroatoms. The summed E-state index contributed by atoms with van der Waals surface area (Å²) in [5, 5.41) is 0.826. The van der Waals surface area contributed by atoms with Crippen LogP contribution in [0.25, 0.3) is 11.0 Å². The van der Waals surface area contributed by atoms with E-state index in [0.29, 0.717) is 11.3 Å². The average molecular weight is 176 g/mol. The second kappa shape index (κ2) is 2.90. The molecule has 0 unspecified atom stereocenters. The lowest BCUT2D eigenvalue weighted by Crippen LogP contribution is -1.92. The molecule has 2 aromatic heterocycles. The van der Waals surface area contributed by atoms with Crippen LogP contribution in [0.3, 0.4) is 0 Å². The van der Waals surface area contributed by atoms with E-state index in [1.807, 2.05) is 6.07 Å². The number of aromatic amines is 1. The largest absolute Gasteiger partial charge is 0.495 e. The first-order valence-electron chi connectivity index (χ1n) is 3.82. The molecule has 0 aliphatic carbocycles. The number of carbonyl (C=O) groups is 1. The van der Waals surface area contributed by atoms with E-state index in [0.717, 1.165) is 17.3 Å². The number of H-pyrrole nitrogens is 1. The van der Waals surface area contributed by atoms with Crippen LogP contribution in [0.15, 0.2) is 18.5 Å². The van der Waals surface area contributed by atoms with E-state index in [4.69, 9.17) is 4.74 Å². The maximum absolute atomic E-state index is 10.6. The van der Waals surface area contributed by atoms with Gasteiger partial charge in [0.25, 0.3) is 0 Å². The van der Waals surface area contributed by atoms with Crippen molar-refractivity contribution in [2.75, 3.05) is 7.11 Å². The van der Waals surface area contributed by atoms with Crippen molar-refractivity contribution < 1.29 is 9.53 Å². The highest BCUT2D eigenvalue weighted by atomic mass is 16.5. The first-order valence-corrected chi connectivity index (χ1v) is 3.82. The lowest BCUT2D eigenvalue weighted by Gasteiger charge is -2.03. The SMILES string of the molecule is COc1c(C=O)cnc2[nH]ccc12. The minimum atomic E-state index is 0.467. The Labute approximate surface area is 74.5 Å². The predicted molar refractivity (Wildman–Crippen MR) is 48.0 cm³/mol. The van der Waals surface area contributed by atoms with Gasteiger partial charge in [0.05, 0.1) is 18.1 Å². The van der Waals surface area contributed by atoms with Crippen molar-refractivity contribution in [3.8, 4) is 5.75 Å². The van der Waals surface area contributed by atoms with Crippen LogP contribution in [-0.4, -0.2) is 23.4 Å². The van der Waals surface area contributed by atoms with Gasteiger partial charge in [-0.2, -0.15) is 0 Å². The molecule has 0 aliphatic heterocycles. The Morgan fingerprint density at radius 3 is 3.15 bits per heavy atom. The Balaban J connectivity index is 2.81. The van der Waals surface area contributed by atoms with Crippen LogP contribution in [-0.2, 0) is 0 Å². The standard InChI is InChI=1S/C9H8N2O2/c1-13-8-6(5-12)4-11-9-7(8)2-3-10-9/h2-5H,1H3,(H,10,11). The van der Waals surface area contributed by atoms with Gasteiger partial charge < -0.3 is 9.72 Å². The molecular weight excluding hydrogens is 168 g/mol. The second-order valence-corrected chi connectivity index (χ2v) is 2.60. The van der Waals surface area contributed by atoms with Crippen LogP contribution in [0.5, 0.6) is 5.75 Å². The number of fused-ring (bicyclic) bond motifs is 1. The minimum Gasteiger partial charge on any atom is -0.495 e. The zero-order chi connectivity index (χ0) is 9.26. The molecule has 0 fully saturated rings. The van der Waals surface area contributed by atoms with Gasteiger partial charge in [-0.3, -0.25) is 4.79 Å². The lowest BCUT2D eigenvalue weighted by atomic mass is 10.2. The van der Waals surface area contributed by atoms with Gasteiger partial charge >= 0.3 is 0 Å². The van der Waals surface area contributed by atoms with Gasteiger partial charge in [-0.1, -0.05) is 0 Å². The van der Waals surface area contributed by atoms with Gasteiger partial charge in [0.1, 0.15) is 11.4 Å². The monoisotopic (exact) mass is 176 g/mol. The van der Waals surface area contributed by atoms with E-state index in [9.17, 15) is 4.79 Å². The van der Waals surface area contributed by atoms with Gasteiger partial charge in [-0.15, -0.1) is 0 Å². The molecular formula is C9H8N2O2. The second-order valence-electron chi connectivity index (χ2n) is 2.60. The molecule has 13 heavy (non-hydrogen) atoms. The van der Waals surface area contributed by atoms with E-state index in [1.54, 1.807) is 6.20 Å². The van der Waals surface area contributed by atoms with E-state index in [2.05, 4.69) is 9.97 Å². The molecule has 0 bridgehead atoms. The smallest absolute Gasteiger partial charge is 0.155 e. The van der Waals surface area contributed by atoms with Crippen LogP contribution >= 0.6 is 0 Å². The molecule has 0 atom stereocenters. The maximum atomic E-state index is 10.6. The summed E-state index contributed by atoms with van der Waals surface area (Å²) in [5.41, 5.74) is 1.19. The summed E-state index contributed by atoms with van der Waals surface area (Å²) in [6, 6.07) is 1.83. The third-order valence-corrected chi connectivity index (χ3v) is 1.90. The molecule has 2 rings (SSSR count). The van der Waals surface area contributed by atoms with Crippen molar-refractivity contribution in [1.82, 2.24) is 9.97 Å². The molecule has 66 valence electrons. The number of hydrogen-bond donors (Lipinski definition) is 1. The zero-order valence-corrected chi connectivity index (χ0v) is 7.07. The molecule has 0 saturated carbocycles. The Morgan fingerprint density at radius 1 is 1.62 bits per heavy atom. The molecule has 2 aromatic rings. The first kappa shape index (κ1) is 7.79. The van der Waals surface area contributed by atoms with Crippen molar-refractivity contribution in [2.24, 2.45) is 0 Å². The first-order chi connectivity index (χ1) is 6.36. The van der Waals surface area contributed by atoms with E-state index in [-0.39, 0.29) is 0 Å². The summed E-state index contributed by atoms with van der Waals surface area (Å²) in [6.07, 6.45) is 3.98. The zero-order valence-electron chi connectivity index (χ0n) is 7.07. The van der Waals surface area contributed by atoms with Crippen molar-refractivity contribution >= 4 is 17.3 Å². The number of methoxy groups -OCH3 is 1. The van der Waals surface area contributed by atoms with Gasteiger partial charge in [0.15, 0.2) is 6.29 Å². The van der Waals surface area contributed by atoms with E-state index in [1.165, 1.54) is 13.3 Å². The third-order valence-electron chi connectivity index (χ3n) is 1.90. The van der Waals surface area contributed by atoms with Crippen molar-refractivity contribution in [3.63, 3.8) is 0 Å². The minimum absolute atomic E-state index is 0.467. The van der Waals surface area contributed by atoms with Gasteiger partial charge in [-0.05, 0) is 6.07 Å². The number of hydrogen-bond acceptors (Lipinski definition) is 3. The summed E-state index contributed by atoms with van der Waals surface area (Å²) < 4.78 is 5.12. The fourth-order valence-corrected chi connectivity index (χ4v) is 1.31. The number of ether oxygens (including phenoxy) is 1. The number of carbonyl (C=O) groups excluding carboxylic acids is 1. The molecule has 4 nitrogen and oxygen atoms in total. The quantitative estimate of drug-likeness (QED) is 0.703. The number of nitrogens with zero attached hydrogens (tertiary/aromatic N) is 1. The highest BCUT2D eigenvalue weighted by Gasteiger charge is 2.08. The van der Waals surface area contributed by atoms with E-state index < -0.39 is 0 Å². The van der Waals surface area contributed by atoms with Crippen LogP contribution < -0.4 is 4.74 Å². The molecule has 1 N–H and O–H groups in total. The lowest BCUT2D eigenvalue weighted by molar-refractivity contribution is 0.112. The Kier molecular flexibility index (Phi) is 1.73. The molecule has 0 saturated heterocycles. The predicted octanol–water partition coefficient (Wildman–Crippen LogP) is 1.38. The number of nitrogens with one attached hydrogen (secondary N) is 1. The third kappa shape index (κ3) is 1.07. The van der Waals surface area contributed by atoms with Crippen LogP contribution in [0.4, 0.5) is 0 Å². The number of rotatable bonds is 2. The molecule has 0 aliphatic rings. The highest BCUT2D eigenvalue weighted by Crippen LogP contribution is 2.25. The molecule has 0 amide bonds. The van der Waals surface area contributed by atoms with Crippen LogP contribution in [0.1, 0.15) is 10.4 Å². The highest BCUT2D eigenvalue weighted by molar-refractivity contribution is 5.92. The summed E-state index contributed by atoms with van der Waals surface area (Å²) in [6.45, 7) is 0. The summed E-state index contributed by atoms with van der Waals surface area (Å²) in [7, 11) is 1.54. The fourth-order valence-electron chi connectivity index (χ4n) is 1.31. The summed E-state index contributed by atoms with van der Waals surface area (Å²) in [5.74, 6) is 0.571. The molecule has 0 aromatic carbocycles. The Bertz CT molecular complexity index is 448. The fraction of sp³-hybridized carbons (Fsp3) is 0.111. The normalized spacial score (nSPS) is 10.2. The maximum Gasteiger partial charge on any atom is 0.155 e. The Morgan fingerprint density at radius 2 is 2.46 bits per heavy atom. The molecule has 0 spiro atoms.